The summed E-state index contributed by atoms with van der Waals surface area (Å²) in [7, 11) is 0. The Labute approximate surface area is 126 Å². The first-order valence-corrected chi connectivity index (χ1v) is 7.51. The van der Waals surface area contributed by atoms with Gasteiger partial charge in [-0.25, -0.2) is 4.79 Å². The predicted molar refractivity (Wildman–Crippen MR) is 78.3 cm³/mol. The second-order valence-electron chi connectivity index (χ2n) is 4.71. The first-order valence-electron chi connectivity index (χ1n) is 6.63. The maximum Gasteiger partial charge on any atom is 0.343 e. The second kappa shape index (κ2) is 6.30. The molecular formula is C13H17N3O4S. The van der Waals surface area contributed by atoms with E-state index in [0.29, 0.717) is 12.2 Å². The number of esters is 1. The Balaban J connectivity index is 2.24. The standard InChI is InChI=1S/C13H17N3O4S/c1-4-20-13(19)11-7(2)14-15-12(11)16-6-9(5-10(16)18)21-8(3)17/h9H,4-6H2,1-3H3,(H,14,15). The van der Waals surface area contributed by atoms with Crippen molar-refractivity contribution in [3.05, 3.63) is 11.3 Å². The topological polar surface area (TPSA) is 92.4 Å². The summed E-state index contributed by atoms with van der Waals surface area (Å²) in [6.45, 7) is 5.50. The van der Waals surface area contributed by atoms with Crippen molar-refractivity contribution in [2.75, 3.05) is 18.1 Å². The lowest BCUT2D eigenvalue weighted by molar-refractivity contribution is -0.117. The number of amides is 1. The third kappa shape index (κ3) is 3.26. The van der Waals surface area contributed by atoms with Crippen molar-refractivity contribution in [3.63, 3.8) is 0 Å². The number of rotatable bonds is 4. The number of nitrogens with zero attached hydrogens (tertiary/aromatic N) is 2. The van der Waals surface area contributed by atoms with Crippen LogP contribution in [0.1, 0.15) is 36.3 Å². The van der Waals surface area contributed by atoms with Crippen molar-refractivity contribution in [2.24, 2.45) is 0 Å². The van der Waals surface area contributed by atoms with Crippen LogP contribution in [0.4, 0.5) is 5.82 Å². The molecule has 1 amide bonds. The molecule has 0 radical (unpaired) electrons. The summed E-state index contributed by atoms with van der Waals surface area (Å²) in [6, 6.07) is 0. The van der Waals surface area contributed by atoms with Gasteiger partial charge in [-0.3, -0.25) is 19.6 Å². The molecule has 0 aliphatic carbocycles. The number of aryl methyl sites for hydroxylation is 1. The molecule has 1 aliphatic rings. The van der Waals surface area contributed by atoms with E-state index >= 15 is 0 Å². The molecule has 1 fully saturated rings. The molecule has 1 saturated heterocycles. The van der Waals surface area contributed by atoms with Crippen LogP contribution in [0, 0.1) is 6.92 Å². The summed E-state index contributed by atoms with van der Waals surface area (Å²) >= 11 is 1.14. The van der Waals surface area contributed by atoms with E-state index in [9.17, 15) is 14.4 Å². The van der Waals surface area contributed by atoms with Gasteiger partial charge in [0.05, 0.1) is 6.61 Å². The summed E-state index contributed by atoms with van der Waals surface area (Å²) in [5, 5.41) is 6.62. The van der Waals surface area contributed by atoms with Crippen LogP contribution in [-0.2, 0) is 14.3 Å². The molecule has 114 valence electrons. The zero-order valence-corrected chi connectivity index (χ0v) is 13.0. The van der Waals surface area contributed by atoms with Crippen LogP contribution in [0.5, 0.6) is 0 Å². The minimum Gasteiger partial charge on any atom is -0.462 e. The van der Waals surface area contributed by atoms with Crippen LogP contribution in [0.2, 0.25) is 0 Å². The monoisotopic (exact) mass is 311 g/mol. The van der Waals surface area contributed by atoms with Gasteiger partial charge in [0.15, 0.2) is 10.9 Å². The van der Waals surface area contributed by atoms with E-state index in [4.69, 9.17) is 4.74 Å². The first-order chi connectivity index (χ1) is 9.93. The Kier molecular flexibility index (Phi) is 4.66. The Morgan fingerprint density at radius 2 is 2.24 bits per heavy atom. The first kappa shape index (κ1) is 15.6. The number of hydrogen-bond donors (Lipinski definition) is 1. The molecule has 0 saturated carbocycles. The Morgan fingerprint density at radius 3 is 2.86 bits per heavy atom. The molecule has 0 bridgehead atoms. The molecule has 1 aromatic heterocycles. The molecule has 21 heavy (non-hydrogen) atoms. The molecular weight excluding hydrogens is 294 g/mol. The van der Waals surface area contributed by atoms with Gasteiger partial charge in [-0.15, -0.1) is 0 Å². The van der Waals surface area contributed by atoms with Crippen molar-refractivity contribution < 1.29 is 19.1 Å². The van der Waals surface area contributed by atoms with Crippen LogP contribution < -0.4 is 4.90 Å². The predicted octanol–water partition coefficient (Wildman–Crippen LogP) is 1.28. The van der Waals surface area contributed by atoms with E-state index in [2.05, 4.69) is 10.2 Å². The second-order valence-corrected chi connectivity index (χ2v) is 6.18. The highest BCUT2D eigenvalue weighted by molar-refractivity contribution is 8.14. The molecule has 1 atom stereocenters. The number of ether oxygens (including phenoxy) is 1. The van der Waals surface area contributed by atoms with Crippen molar-refractivity contribution in [2.45, 2.75) is 32.4 Å². The number of hydrogen-bond acceptors (Lipinski definition) is 6. The van der Waals surface area contributed by atoms with Gasteiger partial charge in [-0.2, -0.15) is 5.10 Å². The van der Waals surface area contributed by atoms with Crippen LogP contribution in [0.15, 0.2) is 0 Å². The van der Waals surface area contributed by atoms with E-state index in [1.165, 1.54) is 11.8 Å². The summed E-state index contributed by atoms with van der Waals surface area (Å²) in [5.74, 6) is -0.373. The van der Waals surface area contributed by atoms with Crippen molar-refractivity contribution >= 4 is 34.6 Å². The molecule has 1 aromatic rings. The van der Waals surface area contributed by atoms with Crippen molar-refractivity contribution in [1.82, 2.24) is 10.2 Å². The van der Waals surface area contributed by atoms with E-state index in [0.717, 1.165) is 11.8 Å². The lowest BCUT2D eigenvalue weighted by Crippen LogP contribution is -2.27. The highest BCUT2D eigenvalue weighted by Crippen LogP contribution is 2.30. The molecule has 7 nitrogen and oxygen atoms in total. The summed E-state index contributed by atoms with van der Waals surface area (Å²) in [4.78, 5) is 36.7. The number of carbonyl (C=O) groups excluding carboxylic acids is 3. The van der Waals surface area contributed by atoms with E-state index in [1.54, 1.807) is 13.8 Å². The average Bonchev–Trinajstić information content (AvgIpc) is 2.92. The number of nitrogens with one attached hydrogen (secondary N) is 1. The third-order valence-electron chi connectivity index (χ3n) is 3.09. The van der Waals surface area contributed by atoms with Crippen LogP contribution >= 0.6 is 11.8 Å². The molecule has 2 rings (SSSR count). The van der Waals surface area contributed by atoms with E-state index in [1.807, 2.05) is 0 Å². The molecule has 0 aromatic carbocycles. The van der Waals surface area contributed by atoms with Crippen molar-refractivity contribution in [1.29, 1.82) is 0 Å². The molecule has 1 aliphatic heterocycles. The van der Waals surface area contributed by atoms with Gasteiger partial charge in [-0.05, 0) is 13.8 Å². The van der Waals surface area contributed by atoms with Gasteiger partial charge in [-0.1, -0.05) is 11.8 Å². The SMILES string of the molecule is CCOC(=O)c1c(N2CC(SC(C)=O)CC2=O)n[nH]c1C. The number of aromatic nitrogens is 2. The molecule has 1 N–H and O–H groups in total. The fourth-order valence-corrected chi connectivity index (χ4v) is 3.17. The normalized spacial score (nSPS) is 18.1. The number of thioether (sulfide) groups is 1. The fraction of sp³-hybridized carbons (Fsp3) is 0.538. The van der Waals surface area contributed by atoms with Crippen LogP contribution in [0.25, 0.3) is 0 Å². The zero-order valence-electron chi connectivity index (χ0n) is 12.1. The number of aromatic amines is 1. The zero-order chi connectivity index (χ0) is 15.6. The molecule has 8 heteroatoms. The quantitative estimate of drug-likeness (QED) is 0.842. The van der Waals surface area contributed by atoms with Gasteiger partial charge in [0.2, 0.25) is 5.91 Å². The van der Waals surface area contributed by atoms with E-state index in [-0.39, 0.29) is 40.7 Å². The van der Waals surface area contributed by atoms with Gasteiger partial charge in [0, 0.05) is 30.8 Å². The van der Waals surface area contributed by atoms with Gasteiger partial charge < -0.3 is 4.74 Å². The largest absolute Gasteiger partial charge is 0.462 e. The average molecular weight is 311 g/mol. The summed E-state index contributed by atoms with van der Waals surface area (Å²) < 4.78 is 5.00. The molecule has 1 unspecified atom stereocenters. The fourth-order valence-electron chi connectivity index (χ4n) is 2.25. The summed E-state index contributed by atoms with van der Waals surface area (Å²) in [6.07, 6.45) is 0.262. The van der Waals surface area contributed by atoms with E-state index < -0.39 is 5.97 Å². The van der Waals surface area contributed by atoms with Crippen LogP contribution in [0.3, 0.4) is 0 Å². The number of H-pyrrole nitrogens is 1. The lowest BCUT2D eigenvalue weighted by Gasteiger charge is -2.15. The molecule has 2 heterocycles. The maximum atomic E-state index is 12.1. The maximum absolute atomic E-state index is 12.1. The van der Waals surface area contributed by atoms with Crippen LogP contribution in [-0.4, -0.2) is 45.6 Å². The highest BCUT2D eigenvalue weighted by Gasteiger charge is 2.36. The number of carbonyl (C=O) groups is 3. The molecule has 0 spiro atoms. The number of anilines is 1. The lowest BCUT2D eigenvalue weighted by atomic mass is 10.2. The summed E-state index contributed by atoms with van der Waals surface area (Å²) in [5.41, 5.74) is 0.831. The van der Waals surface area contributed by atoms with Crippen molar-refractivity contribution in [3.8, 4) is 0 Å². The Bertz CT molecular complexity index is 584. The minimum absolute atomic E-state index is 0.0292. The smallest absolute Gasteiger partial charge is 0.343 e. The third-order valence-corrected chi connectivity index (χ3v) is 4.07. The Morgan fingerprint density at radius 1 is 1.52 bits per heavy atom. The Hall–Kier alpha value is -1.83. The van der Waals surface area contributed by atoms with Gasteiger partial charge in [0.25, 0.3) is 0 Å². The highest BCUT2D eigenvalue weighted by atomic mass is 32.2. The van der Waals surface area contributed by atoms with Gasteiger partial charge >= 0.3 is 5.97 Å². The minimum atomic E-state index is -0.505. The van der Waals surface area contributed by atoms with Gasteiger partial charge in [0.1, 0.15) is 5.56 Å².